The highest BCUT2D eigenvalue weighted by atomic mass is 16.5. The van der Waals surface area contributed by atoms with E-state index in [0.717, 1.165) is 12.0 Å². The molecule has 0 radical (unpaired) electrons. The molecule has 3 nitrogen and oxygen atoms in total. The Balaban J connectivity index is 4.19. The topological polar surface area (TPSA) is 43.4 Å². The largest absolute Gasteiger partial charge is 0.466 e. The molecule has 0 saturated heterocycles. The van der Waals surface area contributed by atoms with Crippen LogP contribution < -0.4 is 0 Å². The van der Waals surface area contributed by atoms with Gasteiger partial charge in [-0.3, -0.25) is 9.59 Å². The lowest BCUT2D eigenvalue weighted by Gasteiger charge is -2.01. The van der Waals surface area contributed by atoms with Crippen molar-refractivity contribution < 1.29 is 14.3 Å². The zero-order valence-electron chi connectivity index (χ0n) is 11.2. The van der Waals surface area contributed by atoms with E-state index >= 15 is 0 Å². The van der Waals surface area contributed by atoms with E-state index in [1.165, 1.54) is 6.08 Å². The molecule has 0 heterocycles. The second-order valence-electron chi connectivity index (χ2n) is 4.08. The van der Waals surface area contributed by atoms with Crippen LogP contribution in [0.3, 0.4) is 0 Å². The Hall–Kier alpha value is -1.38. The Kier molecular flexibility index (Phi) is 8.03. The van der Waals surface area contributed by atoms with E-state index in [4.69, 9.17) is 4.74 Å². The Morgan fingerprint density at radius 3 is 2.41 bits per heavy atom. The SMILES string of the molecule is CCOC(=O)CC(=O)C=CC(C)=CC(C)CC. The molecule has 3 heteroatoms. The fourth-order valence-corrected chi connectivity index (χ4v) is 1.26. The van der Waals surface area contributed by atoms with Crippen molar-refractivity contribution in [1.29, 1.82) is 0 Å². The maximum Gasteiger partial charge on any atom is 0.313 e. The van der Waals surface area contributed by atoms with Crippen LogP contribution in [0.15, 0.2) is 23.8 Å². The summed E-state index contributed by atoms with van der Waals surface area (Å²) < 4.78 is 4.69. The first kappa shape index (κ1) is 15.6. The van der Waals surface area contributed by atoms with E-state index < -0.39 is 5.97 Å². The quantitative estimate of drug-likeness (QED) is 0.296. The zero-order chi connectivity index (χ0) is 13.3. The number of hydrogen-bond donors (Lipinski definition) is 0. The monoisotopic (exact) mass is 238 g/mol. The second kappa shape index (κ2) is 8.74. The lowest BCUT2D eigenvalue weighted by Crippen LogP contribution is -2.09. The maximum absolute atomic E-state index is 11.4. The average Bonchev–Trinajstić information content (AvgIpc) is 2.26. The van der Waals surface area contributed by atoms with Gasteiger partial charge in [0.15, 0.2) is 5.78 Å². The number of ketones is 1. The van der Waals surface area contributed by atoms with E-state index in [1.54, 1.807) is 13.0 Å². The van der Waals surface area contributed by atoms with Gasteiger partial charge in [-0.15, -0.1) is 0 Å². The molecule has 0 aliphatic carbocycles. The third-order valence-corrected chi connectivity index (χ3v) is 2.35. The highest BCUT2D eigenvalue weighted by Crippen LogP contribution is 2.07. The molecule has 0 aliphatic rings. The minimum atomic E-state index is -0.467. The molecule has 0 spiro atoms. The average molecular weight is 238 g/mol. The molecule has 17 heavy (non-hydrogen) atoms. The van der Waals surface area contributed by atoms with Crippen LogP contribution >= 0.6 is 0 Å². The van der Waals surface area contributed by atoms with Crippen molar-refractivity contribution in [3.63, 3.8) is 0 Å². The molecule has 0 aromatic rings. The number of carbonyl (C=O) groups excluding carboxylic acids is 2. The molecule has 1 unspecified atom stereocenters. The van der Waals surface area contributed by atoms with Gasteiger partial charge in [-0.1, -0.05) is 38.0 Å². The molecule has 1 atom stereocenters. The van der Waals surface area contributed by atoms with Gasteiger partial charge < -0.3 is 4.74 Å². The predicted octanol–water partition coefficient (Wildman–Crippen LogP) is 3.06. The van der Waals surface area contributed by atoms with Crippen molar-refractivity contribution in [2.24, 2.45) is 5.92 Å². The smallest absolute Gasteiger partial charge is 0.313 e. The van der Waals surface area contributed by atoms with Crippen LogP contribution in [0, 0.1) is 5.92 Å². The number of allylic oxidation sites excluding steroid dienone is 4. The highest BCUT2D eigenvalue weighted by molar-refractivity contribution is 6.02. The fraction of sp³-hybridized carbons (Fsp3) is 0.571. The molecule has 0 N–H and O–H groups in total. The lowest BCUT2D eigenvalue weighted by molar-refractivity contribution is -0.144. The van der Waals surface area contributed by atoms with Gasteiger partial charge in [0.1, 0.15) is 6.42 Å². The van der Waals surface area contributed by atoms with Gasteiger partial charge in [0, 0.05) is 0 Å². The molecule has 0 fully saturated rings. The van der Waals surface area contributed by atoms with Crippen LogP contribution in [0.25, 0.3) is 0 Å². The van der Waals surface area contributed by atoms with Gasteiger partial charge in [0.25, 0.3) is 0 Å². The van der Waals surface area contributed by atoms with E-state index in [-0.39, 0.29) is 12.2 Å². The van der Waals surface area contributed by atoms with Crippen LogP contribution in [0.1, 0.15) is 40.5 Å². The summed E-state index contributed by atoms with van der Waals surface area (Å²) in [6.07, 6.45) is 6.18. The van der Waals surface area contributed by atoms with Gasteiger partial charge in [-0.05, 0) is 25.8 Å². The normalized spacial score (nSPS) is 13.8. The molecule has 0 rings (SSSR count). The Labute approximate surface area is 104 Å². The molecule has 0 saturated carbocycles. The Morgan fingerprint density at radius 1 is 1.24 bits per heavy atom. The fourth-order valence-electron chi connectivity index (χ4n) is 1.26. The summed E-state index contributed by atoms with van der Waals surface area (Å²) in [4.78, 5) is 22.4. The van der Waals surface area contributed by atoms with Gasteiger partial charge in [0.2, 0.25) is 0 Å². The van der Waals surface area contributed by atoms with Gasteiger partial charge in [-0.2, -0.15) is 0 Å². The summed E-state index contributed by atoms with van der Waals surface area (Å²) in [5.74, 6) is -0.189. The summed E-state index contributed by atoms with van der Waals surface area (Å²) in [5.41, 5.74) is 1.04. The van der Waals surface area contributed by atoms with Crippen LogP contribution in [-0.4, -0.2) is 18.4 Å². The summed E-state index contributed by atoms with van der Waals surface area (Å²) in [6.45, 7) is 8.21. The van der Waals surface area contributed by atoms with Crippen molar-refractivity contribution in [3.05, 3.63) is 23.8 Å². The van der Waals surface area contributed by atoms with E-state index in [9.17, 15) is 9.59 Å². The summed E-state index contributed by atoms with van der Waals surface area (Å²) in [6, 6.07) is 0. The van der Waals surface area contributed by atoms with E-state index in [2.05, 4.69) is 19.9 Å². The van der Waals surface area contributed by atoms with Gasteiger partial charge >= 0.3 is 5.97 Å². The Morgan fingerprint density at radius 2 is 1.88 bits per heavy atom. The second-order valence-corrected chi connectivity index (χ2v) is 4.08. The van der Waals surface area contributed by atoms with E-state index in [1.807, 2.05) is 6.92 Å². The summed E-state index contributed by atoms with van der Waals surface area (Å²) in [5, 5.41) is 0. The van der Waals surface area contributed by atoms with Crippen LogP contribution in [0.5, 0.6) is 0 Å². The molecule has 96 valence electrons. The first-order valence-electron chi connectivity index (χ1n) is 6.04. The number of ether oxygens (including phenoxy) is 1. The highest BCUT2D eigenvalue weighted by Gasteiger charge is 2.06. The van der Waals surface area contributed by atoms with E-state index in [0.29, 0.717) is 12.5 Å². The third kappa shape index (κ3) is 8.43. The van der Waals surface area contributed by atoms with Crippen molar-refractivity contribution in [1.82, 2.24) is 0 Å². The first-order valence-corrected chi connectivity index (χ1v) is 6.04. The summed E-state index contributed by atoms with van der Waals surface area (Å²) in [7, 11) is 0. The maximum atomic E-state index is 11.4. The molecule has 0 amide bonds. The minimum Gasteiger partial charge on any atom is -0.466 e. The number of carbonyl (C=O) groups is 2. The van der Waals surface area contributed by atoms with Gasteiger partial charge in [-0.25, -0.2) is 0 Å². The molecular weight excluding hydrogens is 216 g/mol. The molecule has 0 bridgehead atoms. The van der Waals surface area contributed by atoms with Crippen molar-refractivity contribution in [2.75, 3.05) is 6.61 Å². The van der Waals surface area contributed by atoms with Crippen molar-refractivity contribution in [3.8, 4) is 0 Å². The number of rotatable bonds is 7. The molecule has 0 aromatic carbocycles. The number of hydrogen-bond acceptors (Lipinski definition) is 3. The minimum absolute atomic E-state index is 0.180. The summed E-state index contributed by atoms with van der Waals surface area (Å²) >= 11 is 0. The third-order valence-electron chi connectivity index (χ3n) is 2.35. The first-order chi connectivity index (χ1) is 7.99. The zero-order valence-corrected chi connectivity index (χ0v) is 11.2. The Bertz CT molecular complexity index is 313. The molecular formula is C14H22O3. The molecule has 0 aromatic heterocycles. The van der Waals surface area contributed by atoms with Crippen molar-refractivity contribution >= 4 is 11.8 Å². The van der Waals surface area contributed by atoms with Crippen molar-refractivity contribution in [2.45, 2.75) is 40.5 Å². The van der Waals surface area contributed by atoms with Crippen LogP contribution in [-0.2, 0) is 14.3 Å². The number of esters is 1. The van der Waals surface area contributed by atoms with Crippen LogP contribution in [0.2, 0.25) is 0 Å². The lowest BCUT2D eigenvalue weighted by atomic mass is 10.1. The molecule has 0 aliphatic heterocycles. The van der Waals surface area contributed by atoms with Crippen LogP contribution in [0.4, 0.5) is 0 Å². The standard InChI is InChI=1S/C14H22O3/c1-5-11(3)9-12(4)7-8-13(15)10-14(16)17-6-2/h7-9,11H,5-6,10H2,1-4H3. The van der Waals surface area contributed by atoms with Gasteiger partial charge in [0.05, 0.1) is 6.61 Å². The predicted molar refractivity (Wildman–Crippen MR) is 68.6 cm³/mol.